The third-order valence-electron chi connectivity index (χ3n) is 5.66. The molecule has 0 amide bonds. The molecule has 1 unspecified atom stereocenters. The molecule has 0 radical (unpaired) electrons. The van der Waals surface area contributed by atoms with E-state index in [1.165, 1.54) is 27.1 Å². The second-order valence-corrected chi connectivity index (χ2v) is 16.0. The summed E-state index contributed by atoms with van der Waals surface area (Å²) in [7, 11) is -1.72. The molecule has 3 heteroatoms. The molecule has 3 aromatic rings. The van der Waals surface area contributed by atoms with Gasteiger partial charge in [-0.15, -0.1) is 0 Å². The number of benzene rings is 3. The minimum absolute atomic E-state index is 1.32. The predicted molar refractivity (Wildman–Crippen MR) is 117 cm³/mol. The number of rotatable bonds is 1. The van der Waals surface area contributed by atoms with Crippen LogP contribution in [0.3, 0.4) is 0 Å². The Hall–Kier alpha value is -1.73. The molecule has 0 saturated carbocycles. The lowest BCUT2D eigenvalue weighted by atomic mass is 10.1. The van der Waals surface area contributed by atoms with Crippen LogP contribution in [0.4, 0.5) is 0 Å². The quantitative estimate of drug-likeness (QED) is 0.447. The minimum atomic E-state index is -1.98. The molecule has 0 N–H and O–H groups in total. The monoisotopic (exact) mass is 374 g/mol. The molecule has 2 heterocycles. The summed E-state index contributed by atoms with van der Waals surface area (Å²) in [6, 6.07) is 26.8. The van der Waals surface area contributed by atoms with Crippen molar-refractivity contribution < 1.29 is 0 Å². The van der Waals surface area contributed by atoms with Crippen LogP contribution >= 0.6 is 6.04 Å². The highest BCUT2D eigenvalue weighted by Crippen LogP contribution is 2.67. The average Bonchev–Trinajstić information content (AvgIpc) is 3.07. The Balaban J connectivity index is 1.95. The van der Waals surface area contributed by atoms with Crippen LogP contribution in [0, 0.1) is 0 Å². The van der Waals surface area contributed by atoms with Crippen LogP contribution in [0.5, 0.6) is 0 Å². The maximum absolute atomic E-state index is 6.58. The van der Waals surface area contributed by atoms with Crippen LogP contribution in [-0.2, 0) is 11.8 Å². The van der Waals surface area contributed by atoms with E-state index in [9.17, 15) is 0 Å². The molecule has 0 aromatic heterocycles. The maximum Gasteiger partial charge on any atom is 0.114 e. The van der Waals surface area contributed by atoms with Gasteiger partial charge < -0.3 is 0 Å². The Morgan fingerprint density at radius 1 is 0.720 bits per heavy atom. The van der Waals surface area contributed by atoms with E-state index in [4.69, 9.17) is 11.8 Å². The average molecular weight is 375 g/mol. The van der Waals surface area contributed by atoms with Crippen molar-refractivity contribution in [2.45, 2.75) is 13.1 Å². The van der Waals surface area contributed by atoms with Crippen molar-refractivity contribution in [3.05, 3.63) is 90.0 Å². The first-order valence-electron chi connectivity index (χ1n) is 8.67. The van der Waals surface area contributed by atoms with E-state index in [1.54, 1.807) is 10.4 Å². The fraction of sp³-hybridized carbons (Fsp3) is 0.0909. The third-order valence-corrected chi connectivity index (χ3v) is 14.4. The molecule has 122 valence electrons. The van der Waals surface area contributed by atoms with Crippen LogP contribution in [-0.4, -0.2) is 8.07 Å². The van der Waals surface area contributed by atoms with Gasteiger partial charge in [0, 0.05) is 16.7 Å². The van der Waals surface area contributed by atoms with E-state index in [1.807, 2.05) is 0 Å². The van der Waals surface area contributed by atoms with Crippen molar-refractivity contribution in [1.29, 1.82) is 0 Å². The predicted octanol–water partition coefficient (Wildman–Crippen LogP) is 4.47. The fourth-order valence-electron chi connectivity index (χ4n) is 4.58. The van der Waals surface area contributed by atoms with Gasteiger partial charge >= 0.3 is 0 Å². The van der Waals surface area contributed by atoms with E-state index >= 15 is 0 Å². The van der Waals surface area contributed by atoms with Crippen molar-refractivity contribution in [2.24, 2.45) is 0 Å². The normalized spacial score (nSPS) is 22.5. The molecule has 0 saturated heterocycles. The van der Waals surface area contributed by atoms with Crippen LogP contribution < -0.4 is 15.8 Å². The number of hydrogen-bond donors (Lipinski definition) is 0. The Bertz CT molecular complexity index is 1100. The van der Waals surface area contributed by atoms with Gasteiger partial charge in [0.05, 0.1) is 0 Å². The van der Waals surface area contributed by atoms with E-state index in [-0.39, 0.29) is 0 Å². The molecule has 25 heavy (non-hydrogen) atoms. The van der Waals surface area contributed by atoms with Crippen LogP contribution in [0.1, 0.15) is 11.1 Å². The fourth-order valence-corrected chi connectivity index (χ4v) is 14.2. The Morgan fingerprint density at radius 3 is 2.08 bits per heavy atom. The molecule has 2 aliphatic heterocycles. The van der Waals surface area contributed by atoms with Crippen LogP contribution in [0.2, 0.25) is 13.1 Å². The standard InChI is InChI=1S/C22H19PSSi/c1-25(2)20-15-9-7-13-18(20)21-22(25)17-12-6-8-14-19(17)23(21,24)16-10-4-3-5-11-16/h3-15H,1-2H3. The molecule has 0 bridgehead atoms. The van der Waals surface area contributed by atoms with Crippen molar-refractivity contribution in [3.8, 4) is 0 Å². The van der Waals surface area contributed by atoms with Gasteiger partial charge in [-0.05, 0) is 26.8 Å². The van der Waals surface area contributed by atoms with E-state index < -0.39 is 14.1 Å². The summed E-state index contributed by atoms with van der Waals surface area (Å²) < 4.78 is 0. The molecule has 0 spiro atoms. The van der Waals surface area contributed by atoms with Crippen LogP contribution in [0.15, 0.2) is 78.9 Å². The Labute approximate surface area is 155 Å². The van der Waals surface area contributed by atoms with Gasteiger partial charge in [0.2, 0.25) is 0 Å². The first-order chi connectivity index (χ1) is 12.1. The van der Waals surface area contributed by atoms with Gasteiger partial charge in [0.25, 0.3) is 0 Å². The topological polar surface area (TPSA) is 0 Å². The molecule has 1 atom stereocenters. The van der Waals surface area contributed by atoms with Crippen LogP contribution in [0.25, 0.3) is 10.5 Å². The largest absolute Gasteiger partial charge is 0.114 e. The second-order valence-electron chi connectivity index (χ2n) is 7.36. The Kier molecular flexibility index (Phi) is 3.19. The molecule has 0 fully saturated rings. The molecular weight excluding hydrogens is 355 g/mol. The zero-order valence-corrected chi connectivity index (χ0v) is 17.1. The molecule has 3 aromatic carbocycles. The first kappa shape index (κ1) is 15.5. The highest BCUT2D eigenvalue weighted by Gasteiger charge is 2.50. The summed E-state index contributed by atoms with van der Waals surface area (Å²) in [4.78, 5) is 0. The smallest absolute Gasteiger partial charge is 0.0826 e. The van der Waals surface area contributed by atoms with Gasteiger partial charge in [0.1, 0.15) is 8.07 Å². The second kappa shape index (κ2) is 5.14. The summed E-state index contributed by atoms with van der Waals surface area (Å²) in [5, 5.41) is 7.36. The summed E-state index contributed by atoms with van der Waals surface area (Å²) in [6.07, 6.45) is 0. The third kappa shape index (κ3) is 1.85. The number of fused-ring (bicyclic) bond motifs is 4. The highest BCUT2D eigenvalue weighted by molar-refractivity contribution is 8.27. The zero-order valence-electron chi connectivity index (χ0n) is 14.4. The van der Waals surface area contributed by atoms with Crippen molar-refractivity contribution in [3.63, 3.8) is 0 Å². The SMILES string of the molecule is C[Si]1(C)C2=C(c3ccccc31)P(=S)(c1ccccc1)c1ccccc12. The molecule has 0 aliphatic carbocycles. The molecular formula is C22H19PSSi. The summed E-state index contributed by atoms with van der Waals surface area (Å²) in [5.74, 6) is 0. The van der Waals surface area contributed by atoms with Gasteiger partial charge in [-0.2, -0.15) is 0 Å². The zero-order chi connectivity index (χ0) is 17.2. The minimum Gasteiger partial charge on any atom is -0.0826 e. The lowest BCUT2D eigenvalue weighted by Gasteiger charge is -2.25. The van der Waals surface area contributed by atoms with Crippen molar-refractivity contribution in [2.75, 3.05) is 0 Å². The highest BCUT2D eigenvalue weighted by atomic mass is 32.4. The molecule has 0 nitrogen and oxygen atoms in total. The summed E-state index contributed by atoms with van der Waals surface area (Å²) in [5.41, 5.74) is 2.86. The maximum atomic E-state index is 6.58. The number of hydrogen-bond acceptors (Lipinski definition) is 1. The van der Waals surface area contributed by atoms with Gasteiger partial charge in [-0.25, -0.2) is 0 Å². The van der Waals surface area contributed by atoms with E-state index in [0.717, 1.165) is 0 Å². The summed E-state index contributed by atoms with van der Waals surface area (Å²) in [6.45, 7) is 4.97. The molecule has 2 aliphatic rings. The van der Waals surface area contributed by atoms with Crippen molar-refractivity contribution >= 4 is 52.2 Å². The molecule has 5 rings (SSSR count). The lowest BCUT2D eigenvalue weighted by molar-refractivity contribution is 1.68. The van der Waals surface area contributed by atoms with Gasteiger partial charge in [-0.1, -0.05) is 104 Å². The lowest BCUT2D eigenvalue weighted by Crippen LogP contribution is -2.41. The Morgan fingerprint density at radius 2 is 1.32 bits per heavy atom. The van der Waals surface area contributed by atoms with Crippen molar-refractivity contribution in [1.82, 2.24) is 0 Å². The summed E-state index contributed by atoms with van der Waals surface area (Å²) >= 11 is 6.58. The van der Waals surface area contributed by atoms with E-state index in [0.29, 0.717) is 0 Å². The van der Waals surface area contributed by atoms with E-state index in [2.05, 4.69) is 92.0 Å². The van der Waals surface area contributed by atoms with Gasteiger partial charge in [-0.3, -0.25) is 0 Å². The first-order valence-corrected chi connectivity index (χ1v) is 14.5. The van der Waals surface area contributed by atoms with Gasteiger partial charge in [0.15, 0.2) is 0 Å².